The van der Waals surface area contributed by atoms with Gasteiger partial charge in [0.05, 0.1) is 19.0 Å². The first-order valence-electron chi connectivity index (χ1n) is 11.4. The van der Waals surface area contributed by atoms with Crippen LogP contribution in [-0.2, 0) is 0 Å². The van der Waals surface area contributed by atoms with Gasteiger partial charge in [0.15, 0.2) is 11.5 Å². The first-order chi connectivity index (χ1) is 15.6. The summed E-state index contributed by atoms with van der Waals surface area (Å²) in [6, 6.07) is 6.37. The van der Waals surface area contributed by atoms with Crippen molar-refractivity contribution in [3.8, 4) is 23.0 Å². The van der Waals surface area contributed by atoms with Crippen LogP contribution in [0.3, 0.4) is 0 Å². The molecule has 1 aromatic carbocycles. The van der Waals surface area contributed by atoms with Crippen molar-refractivity contribution in [3.63, 3.8) is 0 Å². The Morgan fingerprint density at radius 3 is 2.31 bits per heavy atom. The van der Waals surface area contributed by atoms with Gasteiger partial charge >= 0.3 is 6.61 Å². The van der Waals surface area contributed by atoms with Gasteiger partial charge in [-0.2, -0.15) is 8.78 Å². The van der Waals surface area contributed by atoms with E-state index >= 15 is 0 Å². The lowest BCUT2D eigenvalue weighted by Gasteiger charge is -2.57. The number of hydrogen-bond donors (Lipinski definition) is 0. The predicted molar refractivity (Wildman–Crippen MR) is 114 cm³/mol. The summed E-state index contributed by atoms with van der Waals surface area (Å²) in [5.74, 6) is 4.05. The van der Waals surface area contributed by atoms with Gasteiger partial charge in [-0.3, -0.25) is 4.98 Å². The SMILES string of the molecule is FC(F)Oc1ccc(-c2nnc3cncc(OCCC45CC6CC(CC(C6)C4)C5)n23)cc1. The number of ether oxygens (including phenoxy) is 2. The van der Waals surface area contributed by atoms with Crippen LogP contribution in [-0.4, -0.2) is 32.8 Å². The van der Waals surface area contributed by atoms with Gasteiger partial charge in [-0.1, -0.05) is 0 Å². The van der Waals surface area contributed by atoms with Gasteiger partial charge in [-0.25, -0.2) is 4.40 Å². The molecule has 2 heterocycles. The third-order valence-corrected chi connectivity index (χ3v) is 7.67. The largest absolute Gasteiger partial charge is 0.477 e. The minimum atomic E-state index is -2.85. The summed E-state index contributed by atoms with van der Waals surface area (Å²) in [7, 11) is 0. The van der Waals surface area contributed by atoms with E-state index in [2.05, 4.69) is 19.9 Å². The highest BCUT2D eigenvalue weighted by molar-refractivity contribution is 5.61. The molecule has 4 saturated carbocycles. The molecule has 0 radical (unpaired) electrons. The zero-order chi connectivity index (χ0) is 21.7. The van der Waals surface area contributed by atoms with E-state index in [9.17, 15) is 8.78 Å². The fraction of sp³-hybridized carbons (Fsp3) is 0.542. The molecule has 32 heavy (non-hydrogen) atoms. The number of aromatic nitrogens is 4. The molecule has 4 aliphatic carbocycles. The fourth-order valence-corrected chi connectivity index (χ4v) is 6.87. The molecule has 8 heteroatoms. The second-order valence-corrected chi connectivity index (χ2v) is 9.88. The molecule has 0 atom stereocenters. The number of rotatable bonds is 7. The van der Waals surface area contributed by atoms with Gasteiger partial charge in [-0.15, -0.1) is 10.2 Å². The van der Waals surface area contributed by atoms with Crippen LogP contribution in [0.15, 0.2) is 36.7 Å². The predicted octanol–water partition coefficient (Wildman–Crippen LogP) is 5.38. The smallest absolute Gasteiger partial charge is 0.387 e. The monoisotopic (exact) mass is 440 g/mol. The van der Waals surface area contributed by atoms with Crippen LogP contribution in [0.2, 0.25) is 0 Å². The van der Waals surface area contributed by atoms with Gasteiger partial charge in [0, 0.05) is 5.56 Å². The summed E-state index contributed by atoms with van der Waals surface area (Å²) in [5, 5.41) is 8.49. The molecule has 0 unspecified atom stereocenters. The average Bonchev–Trinajstić information content (AvgIpc) is 3.18. The molecule has 0 spiro atoms. The Bertz CT molecular complexity index is 1080. The maximum Gasteiger partial charge on any atom is 0.387 e. The van der Waals surface area contributed by atoms with E-state index < -0.39 is 6.61 Å². The number of hydrogen-bond acceptors (Lipinski definition) is 5. The van der Waals surface area contributed by atoms with Crippen LogP contribution in [0.1, 0.15) is 44.9 Å². The van der Waals surface area contributed by atoms with Crippen molar-refractivity contribution in [3.05, 3.63) is 36.7 Å². The average molecular weight is 440 g/mol. The van der Waals surface area contributed by atoms with E-state index in [1.165, 1.54) is 50.7 Å². The van der Waals surface area contributed by atoms with E-state index in [1.54, 1.807) is 24.5 Å². The standard InChI is InChI=1S/C24H26F2N4O2/c25-23(26)32-19-3-1-18(2-4-19)22-29-28-20-13-27-14-21(30(20)22)31-6-5-24-10-15-7-16(11-24)9-17(8-15)12-24/h1-4,13-17,23H,5-12H2. The highest BCUT2D eigenvalue weighted by Gasteiger charge is 2.50. The van der Waals surface area contributed by atoms with Crippen LogP contribution >= 0.6 is 0 Å². The molecule has 2 aromatic heterocycles. The zero-order valence-corrected chi connectivity index (χ0v) is 17.8. The molecule has 0 N–H and O–H groups in total. The Morgan fingerprint density at radius 1 is 0.969 bits per heavy atom. The van der Waals surface area contributed by atoms with E-state index in [0.717, 1.165) is 29.7 Å². The second-order valence-electron chi connectivity index (χ2n) is 9.88. The Kier molecular flexibility index (Phi) is 4.77. The molecule has 0 amide bonds. The van der Waals surface area contributed by atoms with E-state index in [4.69, 9.17) is 4.74 Å². The highest BCUT2D eigenvalue weighted by atomic mass is 19.3. The van der Waals surface area contributed by atoms with E-state index in [0.29, 0.717) is 29.4 Å². The minimum absolute atomic E-state index is 0.103. The van der Waals surface area contributed by atoms with Gasteiger partial charge in [-0.05, 0) is 92.4 Å². The Labute approximate surface area is 185 Å². The number of benzene rings is 1. The van der Waals surface area contributed by atoms with Crippen molar-refractivity contribution in [2.45, 2.75) is 51.6 Å². The van der Waals surface area contributed by atoms with Crippen molar-refractivity contribution in [1.29, 1.82) is 0 Å². The zero-order valence-electron chi connectivity index (χ0n) is 17.8. The van der Waals surface area contributed by atoms with Crippen molar-refractivity contribution in [1.82, 2.24) is 19.6 Å². The molecule has 4 fully saturated rings. The van der Waals surface area contributed by atoms with Gasteiger partial charge in [0.1, 0.15) is 5.75 Å². The lowest BCUT2D eigenvalue weighted by Crippen LogP contribution is -2.46. The van der Waals surface area contributed by atoms with Crippen LogP contribution < -0.4 is 9.47 Å². The van der Waals surface area contributed by atoms with Crippen LogP contribution in [0.4, 0.5) is 8.78 Å². The molecule has 3 aromatic rings. The van der Waals surface area contributed by atoms with Gasteiger partial charge < -0.3 is 9.47 Å². The summed E-state index contributed by atoms with van der Waals surface area (Å²) in [5.41, 5.74) is 1.77. The summed E-state index contributed by atoms with van der Waals surface area (Å²) >= 11 is 0. The third-order valence-electron chi connectivity index (χ3n) is 7.67. The summed E-state index contributed by atoms with van der Waals surface area (Å²) in [6.07, 6.45) is 12.8. The van der Waals surface area contributed by atoms with E-state index in [1.807, 2.05) is 4.40 Å². The molecule has 4 aliphatic rings. The summed E-state index contributed by atoms with van der Waals surface area (Å²) in [6.45, 7) is -2.21. The normalized spacial score (nSPS) is 28.5. The maximum atomic E-state index is 12.4. The first kappa shape index (κ1) is 19.9. The molecular formula is C24H26F2N4O2. The lowest BCUT2D eigenvalue weighted by atomic mass is 9.49. The minimum Gasteiger partial charge on any atom is -0.477 e. The fourth-order valence-electron chi connectivity index (χ4n) is 6.87. The Balaban J connectivity index is 1.21. The number of alkyl halides is 2. The molecule has 0 saturated heterocycles. The van der Waals surface area contributed by atoms with E-state index in [-0.39, 0.29) is 5.75 Å². The Morgan fingerprint density at radius 2 is 1.66 bits per heavy atom. The number of fused-ring (bicyclic) bond motifs is 1. The maximum absolute atomic E-state index is 12.4. The van der Waals surface area contributed by atoms with Crippen molar-refractivity contribution in [2.75, 3.05) is 6.61 Å². The van der Waals surface area contributed by atoms with Crippen molar-refractivity contribution < 1.29 is 18.3 Å². The third kappa shape index (κ3) is 3.59. The van der Waals surface area contributed by atoms with Crippen molar-refractivity contribution in [2.24, 2.45) is 23.2 Å². The summed E-state index contributed by atoms with van der Waals surface area (Å²) in [4.78, 5) is 4.26. The molecule has 4 bridgehead atoms. The molecule has 168 valence electrons. The lowest BCUT2D eigenvalue weighted by molar-refractivity contribution is -0.0625. The van der Waals surface area contributed by atoms with Crippen LogP contribution in [0, 0.1) is 23.2 Å². The number of halogens is 2. The molecule has 0 aliphatic heterocycles. The second kappa shape index (κ2) is 7.67. The van der Waals surface area contributed by atoms with Gasteiger partial charge in [0.2, 0.25) is 5.88 Å². The topological polar surface area (TPSA) is 61.5 Å². The number of nitrogens with zero attached hydrogens (tertiary/aromatic N) is 4. The summed E-state index contributed by atoms with van der Waals surface area (Å²) < 4.78 is 37.4. The first-order valence-corrected chi connectivity index (χ1v) is 11.4. The molecule has 7 rings (SSSR count). The van der Waals surface area contributed by atoms with Crippen LogP contribution in [0.25, 0.3) is 17.0 Å². The molecule has 6 nitrogen and oxygen atoms in total. The van der Waals surface area contributed by atoms with Gasteiger partial charge in [0.25, 0.3) is 0 Å². The van der Waals surface area contributed by atoms with Crippen molar-refractivity contribution >= 4 is 5.65 Å². The molecular weight excluding hydrogens is 414 g/mol. The van der Waals surface area contributed by atoms with Crippen LogP contribution in [0.5, 0.6) is 11.6 Å². The highest BCUT2D eigenvalue weighted by Crippen LogP contribution is 2.61. The quantitative estimate of drug-likeness (QED) is 0.494. The Hall–Kier alpha value is -2.77.